The number of carbonyl (C=O) groups is 4. The standard InChI is InChI=1S/C22H21FN6O8/c1-8-6-28-14-10(4-22(16(28)9(2)36-8)18(30)25-20(32)26-19(22)31)3-12-15(13(14)23)37-27-17(12)29-11(5-24-34)7-35-21(29)33/h3,5,8-9,11,16,34H,4,6-7H2,1-2H3,(H2,25,26,30,31,32)/b24-5+/t8-,9+,11+,16-/m1/s1. The summed E-state index contributed by atoms with van der Waals surface area (Å²) in [5.74, 6) is -2.52. The summed E-state index contributed by atoms with van der Waals surface area (Å²) in [6, 6.07) is -1.21. The summed E-state index contributed by atoms with van der Waals surface area (Å²) in [5.41, 5.74) is -1.67. The van der Waals surface area contributed by atoms with Crippen molar-refractivity contribution < 1.29 is 42.8 Å². The Morgan fingerprint density at radius 1 is 1.24 bits per heavy atom. The van der Waals surface area contributed by atoms with Gasteiger partial charge in [-0.1, -0.05) is 10.3 Å². The van der Waals surface area contributed by atoms with Crippen LogP contribution in [0.4, 0.5) is 25.5 Å². The molecule has 194 valence electrons. The second-order valence-corrected chi connectivity index (χ2v) is 9.49. The van der Waals surface area contributed by atoms with E-state index in [9.17, 15) is 19.2 Å². The normalized spacial score (nSPS) is 28.9. The van der Waals surface area contributed by atoms with E-state index >= 15 is 4.39 Å². The first-order chi connectivity index (χ1) is 17.7. The molecule has 4 atom stereocenters. The Bertz CT molecular complexity index is 1390. The van der Waals surface area contributed by atoms with Crippen LogP contribution in [0.2, 0.25) is 0 Å². The van der Waals surface area contributed by atoms with Crippen molar-refractivity contribution in [2.75, 3.05) is 23.0 Å². The van der Waals surface area contributed by atoms with E-state index in [1.165, 1.54) is 6.07 Å². The number of cyclic esters (lactones) is 1. The van der Waals surface area contributed by atoms with Crippen LogP contribution in [-0.4, -0.2) is 78.0 Å². The Kier molecular flexibility index (Phi) is 4.92. The summed E-state index contributed by atoms with van der Waals surface area (Å²) in [5, 5.41) is 20.2. The summed E-state index contributed by atoms with van der Waals surface area (Å²) in [4.78, 5) is 53.6. The number of carbonyl (C=O) groups excluding carboxylic acids is 4. The number of hydrogen-bond acceptors (Lipinski definition) is 11. The maximum Gasteiger partial charge on any atom is 0.416 e. The van der Waals surface area contributed by atoms with Gasteiger partial charge in [-0.15, -0.1) is 0 Å². The lowest BCUT2D eigenvalue weighted by Crippen LogP contribution is -2.75. The topological polar surface area (TPSA) is 176 Å². The van der Waals surface area contributed by atoms with E-state index in [1.807, 2.05) is 0 Å². The summed E-state index contributed by atoms with van der Waals surface area (Å²) in [6.45, 7) is 3.48. The van der Waals surface area contributed by atoms with Crippen molar-refractivity contribution in [3.05, 3.63) is 17.4 Å². The number of benzene rings is 1. The molecule has 4 aliphatic heterocycles. The largest absolute Gasteiger partial charge is 0.446 e. The van der Waals surface area contributed by atoms with Gasteiger partial charge in [-0.05, 0) is 25.5 Å². The molecular formula is C22H21FN6O8. The van der Waals surface area contributed by atoms with Crippen LogP contribution in [0, 0.1) is 11.2 Å². The lowest BCUT2D eigenvalue weighted by Gasteiger charge is -2.55. The highest BCUT2D eigenvalue weighted by Gasteiger charge is 2.63. The first-order valence-corrected chi connectivity index (χ1v) is 11.5. The van der Waals surface area contributed by atoms with Gasteiger partial charge in [0.15, 0.2) is 17.1 Å². The number of barbiturate groups is 1. The van der Waals surface area contributed by atoms with E-state index in [-0.39, 0.29) is 53.7 Å². The van der Waals surface area contributed by atoms with Crippen LogP contribution in [-0.2, 0) is 25.5 Å². The predicted octanol–water partition coefficient (Wildman–Crippen LogP) is 0.643. The third-order valence-electron chi connectivity index (χ3n) is 7.32. The number of fused-ring (bicyclic) bond motifs is 5. The summed E-state index contributed by atoms with van der Waals surface area (Å²) in [6.07, 6.45) is -1.07. The molecule has 2 aromatic rings. The highest BCUT2D eigenvalue weighted by Crippen LogP contribution is 2.49. The average molecular weight is 516 g/mol. The van der Waals surface area contributed by atoms with E-state index in [4.69, 9.17) is 19.2 Å². The highest BCUT2D eigenvalue weighted by molar-refractivity contribution is 6.20. The van der Waals surface area contributed by atoms with Gasteiger partial charge in [0.05, 0.1) is 35.5 Å². The van der Waals surface area contributed by atoms with Crippen LogP contribution in [0.1, 0.15) is 19.4 Å². The summed E-state index contributed by atoms with van der Waals surface area (Å²) in [7, 11) is 0. The maximum atomic E-state index is 16.2. The van der Waals surface area contributed by atoms with Crippen LogP contribution in [0.15, 0.2) is 15.7 Å². The number of anilines is 2. The SMILES string of the molecule is C[C@@H]1CN2c3c(cc4c(N5C(=O)OC[C@@H]5/C=N/O)noc4c3F)CC3(C(=O)NC(=O)NC3=O)[C@H]2[C@H](C)O1. The minimum Gasteiger partial charge on any atom is -0.446 e. The maximum absolute atomic E-state index is 16.2. The minimum atomic E-state index is -1.81. The molecule has 6 rings (SSSR count). The van der Waals surface area contributed by atoms with Gasteiger partial charge in [0.1, 0.15) is 12.6 Å². The Morgan fingerprint density at radius 3 is 2.68 bits per heavy atom. The number of nitrogens with zero attached hydrogens (tertiary/aromatic N) is 4. The molecule has 3 N–H and O–H groups in total. The van der Waals surface area contributed by atoms with Crippen LogP contribution < -0.4 is 20.4 Å². The molecule has 5 heterocycles. The zero-order valence-corrected chi connectivity index (χ0v) is 19.6. The molecule has 15 heteroatoms. The first kappa shape index (κ1) is 23.1. The molecule has 5 amide bonds. The minimum absolute atomic E-state index is 0.0853. The van der Waals surface area contributed by atoms with Gasteiger partial charge in [-0.3, -0.25) is 20.2 Å². The number of aromatic nitrogens is 1. The molecule has 0 unspecified atom stereocenters. The van der Waals surface area contributed by atoms with Crippen molar-refractivity contribution >= 4 is 52.6 Å². The second-order valence-electron chi connectivity index (χ2n) is 9.49. The molecule has 37 heavy (non-hydrogen) atoms. The first-order valence-electron chi connectivity index (χ1n) is 11.5. The fraction of sp³-hybridized carbons (Fsp3) is 0.455. The van der Waals surface area contributed by atoms with Crippen LogP contribution >= 0.6 is 0 Å². The van der Waals surface area contributed by atoms with Gasteiger partial charge in [-0.2, -0.15) is 0 Å². The lowest BCUT2D eigenvalue weighted by atomic mass is 9.66. The molecule has 4 aliphatic rings. The van der Waals surface area contributed by atoms with Gasteiger partial charge < -0.3 is 24.1 Å². The number of amides is 5. The second kappa shape index (κ2) is 7.86. The van der Waals surface area contributed by atoms with E-state index in [0.29, 0.717) is 0 Å². The van der Waals surface area contributed by atoms with Gasteiger partial charge in [0.2, 0.25) is 17.4 Å². The molecule has 0 radical (unpaired) electrons. The monoisotopic (exact) mass is 516 g/mol. The Hall–Kier alpha value is -4.27. The Balaban J connectivity index is 1.57. The van der Waals surface area contributed by atoms with Gasteiger partial charge >= 0.3 is 12.1 Å². The summed E-state index contributed by atoms with van der Waals surface area (Å²) >= 11 is 0. The third-order valence-corrected chi connectivity index (χ3v) is 7.32. The molecule has 14 nitrogen and oxygen atoms in total. The zero-order chi connectivity index (χ0) is 26.2. The average Bonchev–Trinajstić information content (AvgIpc) is 3.40. The van der Waals surface area contributed by atoms with E-state index in [2.05, 4.69) is 20.9 Å². The fourth-order valence-electron chi connectivity index (χ4n) is 5.98. The number of halogens is 1. The smallest absolute Gasteiger partial charge is 0.416 e. The number of morpholine rings is 1. The molecule has 0 bridgehead atoms. The van der Waals surface area contributed by atoms with Crippen molar-refractivity contribution in [3.63, 3.8) is 0 Å². The number of oxime groups is 1. The van der Waals surface area contributed by atoms with Crippen molar-refractivity contribution in [1.82, 2.24) is 15.8 Å². The number of urea groups is 1. The molecule has 1 aromatic heterocycles. The molecule has 0 aliphatic carbocycles. The van der Waals surface area contributed by atoms with E-state index in [0.717, 1.165) is 11.1 Å². The summed E-state index contributed by atoms with van der Waals surface area (Å²) < 4.78 is 32.4. The van der Waals surface area contributed by atoms with Crippen molar-refractivity contribution in [2.45, 2.75) is 44.6 Å². The highest BCUT2D eigenvalue weighted by atomic mass is 19.1. The van der Waals surface area contributed by atoms with Crippen LogP contribution in [0.3, 0.4) is 0 Å². The van der Waals surface area contributed by atoms with E-state index < -0.39 is 53.4 Å². The zero-order valence-electron chi connectivity index (χ0n) is 19.6. The van der Waals surface area contributed by atoms with Gasteiger partial charge in [0.25, 0.3) is 0 Å². The van der Waals surface area contributed by atoms with Crippen LogP contribution in [0.5, 0.6) is 0 Å². The molecular weight excluding hydrogens is 495 g/mol. The lowest BCUT2D eigenvalue weighted by molar-refractivity contribution is -0.153. The van der Waals surface area contributed by atoms with Crippen molar-refractivity contribution in [3.8, 4) is 0 Å². The fourth-order valence-corrected chi connectivity index (χ4v) is 5.98. The van der Waals surface area contributed by atoms with Gasteiger partial charge in [-0.25, -0.2) is 18.9 Å². The number of hydrogen-bond donors (Lipinski definition) is 3. The third kappa shape index (κ3) is 3.06. The van der Waals surface area contributed by atoms with Crippen molar-refractivity contribution in [1.29, 1.82) is 0 Å². The molecule has 0 saturated carbocycles. The number of ether oxygens (including phenoxy) is 2. The number of nitrogens with one attached hydrogen (secondary N) is 2. The Morgan fingerprint density at radius 2 is 1.97 bits per heavy atom. The predicted molar refractivity (Wildman–Crippen MR) is 121 cm³/mol. The van der Waals surface area contributed by atoms with Crippen LogP contribution in [0.25, 0.3) is 11.0 Å². The molecule has 3 fully saturated rings. The van der Waals surface area contributed by atoms with Gasteiger partial charge in [0, 0.05) is 13.0 Å². The number of rotatable bonds is 2. The van der Waals surface area contributed by atoms with Crippen molar-refractivity contribution in [2.24, 2.45) is 10.6 Å². The molecule has 1 aromatic carbocycles. The Labute approximate surface area is 207 Å². The molecule has 3 saturated heterocycles. The number of imide groups is 2. The quantitative estimate of drug-likeness (QED) is 0.222. The molecule has 1 spiro atoms. The van der Waals surface area contributed by atoms with E-state index in [1.54, 1.807) is 18.7 Å².